The number of carbonyl (C=O) groups is 18. The van der Waals surface area contributed by atoms with Crippen molar-refractivity contribution in [1.29, 1.82) is 5.41 Å². The van der Waals surface area contributed by atoms with Crippen LogP contribution in [0, 0.1) is 11.3 Å². The first-order valence-corrected chi connectivity index (χ1v) is 41.7. The fraction of sp³-hybridized carbons (Fsp3) is 0.422. The number of aliphatic carboxylic acids is 2. The first kappa shape index (κ1) is 104. The molecule has 32 N–H and O–H groups in total. The number of primary amides is 3. The lowest BCUT2D eigenvalue weighted by Crippen LogP contribution is -2.62. The number of hydrogen-bond donors (Lipinski definition) is 28. The molecule has 0 unspecified atom stereocenters. The third kappa shape index (κ3) is 35.2. The van der Waals surface area contributed by atoms with Crippen molar-refractivity contribution >= 4 is 136 Å². The number of benzene rings is 4. The van der Waals surface area contributed by atoms with Gasteiger partial charge in [0, 0.05) is 74.1 Å². The van der Waals surface area contributed by atoms with Gasteiger partial charge in [0.15, 0.2) is 5.96 Å². The number of aromatic nitrogens is 3. The van der Waals surface area contributed by atoms with Gasteiger partial charge in [0.25, 0.3) is 0 Å². The summed E-state index contributed by atoms with van der Waals surface area (Å²) in [6.45, 7) is 3.17. The average Bonchev–Trinajstić information content (AvgIpc) is 1.61. The van der Waals surface area contributed by atoms with Crippen molar-refractivity contribution in [3.8, 4) is 11.5 Å². The number of carboxylic acid groups (broad SMARTS) is 2. The van der Waals surface area contributed by atoms with Gasteiger partial charge in [0.2, 0.25) is 94.5 Å². The molecular formula is C83H111N23O23S. The molecule has 0 bridgehead atoms. The third-order valence-electron chi connectivity index (χ3n) is 20.0. The molecule has 46 nitrogen and oxygen atoms in total. The number of carboxylic acids is 2. The minimum Gasteiger partial charge on any atom is -0.508 e. The Bertz CT molecular complexity index is 4970. The maximum absolute atomic E-state index is 15.2. The van der Waals surface area contributed by atoms with Gasteiger partial charge in [-0.1, -0.05) is 86.6 Å². The Balaban J connectivity index is 1.25. The molecule has 702 valence electrons. The molecular weight excluding hydrogens is 1720 g/mol. The summed E-state index contributed by atoms with van der Waals surface area (Å²) in [6.07, 6.45) is -2.14. The largest absolute Gasteiger partial charge is 0.508 e. The topological polar surface area (TPSA) is 775 Å². The lowest BCUT2D eigenvalue weighted by molar-refractivity contribution is -0.143. The van der Waals surface area contributed by atoms with Crippen molar-refractivity contribution in [3.05, 3.63) is 150 Å². The van der Waals surface area contributed by atoms with E-state index in [0.717, 1.165) is 6.92 Å². The predicted molar refractivity (Wildman–Crippen MR) is 467 cm³/mol. The van der Waals surface area contributed by atoms with Gasteiger partial charge in [-0.3, -0.25) is 86.9 Å². The smallest absolute Gasteiger partial charge is 0.326 e. The predicted octanol–water partition coefficient (Wildman–Crippen LogP) is -6.34. The molecule has 0 radical (unpaired) electrons. The zero-order valence-corrected chi connectivity index (χ0v) is 72.0. The second-order valence-electron chi connectivity index (χ2n) is 30.9. The van der Waals surface area contributed by atoms with Crippen molar-refractivity contribution in [1.82, 2.24) is 89.4 Å². The van der Waals surface area contributed by atoms with E-state index >= 15 is 14.4 Å². The number of fused-ring (bicyclic) bond motifs is 1. The van der Waals surface area contributed by atoms with Crippen LogP contribution in [0.1, 0.15) is 107 Å². The highest BCUT2D eigenvalue weighted by molar-refractivity contribution is 7.80. The Morgan fingerprint density at radius 3 is 1.35 bits per heavy atom. The SMILES string of the molecule is CC(C)C[C@H](NC(=O)[C@H](CC(N)=O)NC(=O)[C@H](CCC(=O)O)NC(=O)[C@H](CO)NC(=O)[C@H](Cc1c[nH]c2ccccc12)NC(=O)[C@H](Cc1ccc(O)cc1)NC(=O)[C@H](Cc1c[nH]cn1)NC(=O)[C@H](CCCNC(=N)N)NC(=O)[C@@H](N)Cc1ccc(O)cc1)C(=O)N[C@@H](Cc1ccccc1)C(=O)N[C@@H](CCC(N)=O)C(=O)N[C@@H](CS)C(=O)N[C@@H](C)C(=O)N[C@@H](CC(N)=O)C(=O)O. The average molecular weight is 1830 g/mol. The fourth-order valence-corrected chi connectivity index (χ4v) is 13.4. The first-order valence-electron chi connectivity index (χ1n) is 41.0. The summed E-state index contributed by atoms with van der Waals surface area (Å²) in [7, 11) is 0. The van der Waals surface area contributed by atoms with Crippen LogP contribution < -0.4 is 103 Å². The molecule has 130 heavy (non-hydrogen) atoms. The van der Waals surface area contributed by atoms with E-state index in [1.807, 2.05) is 0 Å². The Morgan fingerprint density at radius 1 is 0.431 bits per heavy atom. The van der Waals surface area contributed by atoms with Crippen LogP contribution in [0.25, 0.3) is 10.9 Å². The number of para-hydroxylation sites is 1. The van der Waals surface area contributed by atoms with Gasteiger partial charge in [-0.25, -0.2) is 9.78 Å². The molecule has 0 aliphatic heterocycles. The first-order chi connectivity index (χ1) is 61.6. The quantitative estimate of drug-likeness (QED) is 0.00731. The van der Waals surface area contributed by atoms with Gasteiger partial charge in [-0.2, -0.15) is 12.6 Å². The second-order valence-corrected chi connectivity index (χ2v) is 31.3. The Labute approximate surface area is 749 Å². The number of carbonyl (C=O) groups excluding carboxylic acids is 16. The maximum Gasteiger partial charge on any atom is 0.326 e. The minimum atomic E-state index is -2.09. The number of thiol groups is 1. The van der Waals surface area contributed by atoms with Crippen LogP contribution in [0.15, 0.2) is 122 Å². The number of amides is 16. The monoisotopic (exact) mass is 1830 g/mol. The highest BCUT2D eigenvalue weighted by atomic mass is 32.1. The van der Waals surface area contributed by atoms with Crippen molar-refractivity contribution in [2.45, 2.75) is 195 Å². The van der Waals surface area contributed by atoms with E-state index < -0.39 is 261 Å². The number of hydrogen-bond acceptors (Lipinski definition) is 25. The summed E-state index contributed by atoms with van der Waals surface area (Å²) in [6, 6.07) is 2.13. The zero-order chi connectivity index (χ0) is 96.0. The van der Waals surface area contributed by atoms with Gasteiger partial charge >= 0.3 is 11.9 Å². The summed E-state index contributed by atoms with van der Waals surface area (Å²) in [4.78, 5) is 257. The van der Waals surface area contributed by atoms with E-state index in [2.05, 4.69) is 102 Å². The summed E-state index contributed by atoms with van der Waals surface area (Å²) >= 11 is 4.14. The number of nitrogens with two attached hydrogens (primary N) is 5. The van der Waals surface area contributed by atoms with Crippen molar-refractivity contribution in [2.75, 3.05) is 18.9 Å². The van der Waals surface area contributed by atoms with Gasteiger partial charge in [0.1, 0.15) is 90.0 Å². The van der Waals surface area contributed by atoms with Crippen LogP contribution in [-0.2, 0) is 118 Å². The number of nitrogens with zero attached hydrogens (tertiary/aromatic N) is 1. The molecule has 0 fully saturated rings. The number of phenols is 2. The van der Waals surface area contributed by atoms with Crippen LogP contribution in [0.2, 0.25) is 0 Å². The molecule has 2 aromatic heterocycles. The molecule has 0 saturated carbocycles. The van der Waals surface area contributed by atoms with Crippen LogP contribution >= 0.6 is 12.6 Å². The highest BCUT2D eigenvalue weighted by Gasteiger charge is 2.39. The number of aromatic amines is 2. The molecule has 47 heteroatoms. The van der Waals surface area contributed by atoms with Crippen LogP contribution in [0.5, 0.6) is 11.5 Å². The highest BCUT2D eigenvalue weighted by Crippen LogP contribution is 2.22. The molecule has 0 aliphatic carbocycles. The maximum atomic E-state index is 15.2. The van der Waals surface area contributed by atoms with E-state index in [4.69, 9.17) is 34.1 Å². The number of aliphatic hydroxyl groups excluding tert-OH is 1. The number of aromatic hydroxyl groups is 2. The van der Waals surface area contributed by atoms with Gasteiger partial charge < -0.3 is 139 Å². The third-order valence-corrected chi connectivity index (χ3v) is 20.3. The molecule has 14 atom stereocenters. The van der Waals surface area contributed by atoms with Crippen molar-refractivity contribution < 1.29 is 112 Å². The number of H-pyrrole nitrogens is 2. The summed E-state index contributed by atoms with van der Waals surface area (Å²) in [5.74, 6) is -22.5. The Hall–Kier alpha value is -14.8. The molecule has 0 saturated heterocycles. The molecule has 6 rings (SSSR count). The number of aliphatic hydroxyl groups is 1. The molecule has 4 aromatic carbocycles. The Morgan fingerprint density at radius 2 is 0.846 bits per heavy atom. The van der Waals surface area contributed by atoms with E-state index in [0.29, 0.717) is 33.2 Å². The molecule has 0 aliphatic rings. The van der Waals surface area contributed by atoms with Crippen molar-refractivity contribution in [3.63, 3.8) is 0 Å². The lowest BCUT2D eigenvalue weighted by Gasteiger charge is -2.28. The molecule has 2 heterocycles. The molecule has 0 spiro atoms. The van der Waals surface area contributed by atoms with Gasteiger partial charge in [-0.05, 0) is 104 Å². The Kier molecular flexibility index (Phi) is 41.4. The standard InChI is InChI=1S/C83H111N23O23S/c1-41(2)28-56(74(120)99-57(30-43-10-5-4-6-11-43)75(121)96-54(23-25-65(85)110)73(119)106-64(39-130)81(127)94-42(3)69(115)104-62(82(128)129)35-67(87)112)98-79(125)61(34-66(86)111)103-72(118)55(24-26-68(113)114)97-80(126)63(38-107)105-77(123)59(32-46-36-92-52-13-8-7-12-50(46)52)101-76(122)58(31-45-17-21-49(109)22-18-45)100-78(124)60(33-47-37-90-40-93-47)102-71(117)53(14-9-27-91-83(88)89)95-70(116)51(84)29-44-15-19-48(108)20-16-44/h4-8,10-13,15-22,36-37,40-42,51,53-64,92,107-109,130H,9,14,23-35,38-39,84H2,1-3H3,(H2,85,110)(H2,86,111)(H2,87,112)(H,90,93)(H,94,127)(H,95,116)(H,96,121)(H,97,126)(H,98,125)(H,99,120)(H,100,124)(H,101,122)(H,102,117)(H,103,118)(H,104,115)(H,105,123)(H,106,119)(H,113,114)(H,128,129)(H4,88,89,91)/t42-,51-,53-,54-,55-,56-,57-,58-,59-,60-,61-,62-,63-,64-/m0/s1. The van der Waals surface area contributed by atoms with Crippen LogP contribution in [0.3, 0.4) is 0 Å². The van der Waals surface area contributed by atoms with E-state index in [9.17, 15) is 97.5 Å². The van der Waals surface area contributed by atoms with E-state index in [-0.39, 0.29) is 68.2 Å². The number of nitrogens with one attached hydrogen (secondary N) is 17. The zero-order valence-electron chi connectivity index (χ0n) is 71.1. The minimum absolute atomic E-state index is 0.0319. The second kappa shape index (κ2) is 51.7. The normalized spacial score (nSPS) is 14.3. The van der Waals surface area contributed by atoms with Crippen LogP contribution in [0.4, 0.5) is 0 Å². The van der Waals surface area contributed by atoms with E-state index in [1.165, 1.54) is 55.1 Å². The number of guanidine groups is 1. The molecule has 6 aromatic rings. The summed E-state index contributed by atoms with van der Waals surface area (Å²) < 4.78 is 0. The van der Waals surface area contributed by atoms with Crippen molar-refractivity contribution in [2.24, 2.45) is 34.6 Å². The van der Waals surface area contributed by atoms with Gasteiger partial charge in [-0.15, -0.1) is 0 Å². The van der Waals surface area contributed by atoms with Gasteiger partial charge in [0.05, 0.1) is 37.5 Å². The number of imidazole rings is 1. The number of rotatable bonds is 55. The fourth-order valence-electron chi connectivity index (χ4n) is 13.1. The molecule has 16 amide bonds. The summed E-state index contributed by atoms with van der Waals surface area (Å²) in [5.41, 5.74) is 30.4. The lowest BCUT2D eigenvalue weighted by atomic mass is 10.00. The van der Waals surface area contributed by atoms with Crippen LogP contribution in [-0.4, -0.2) is 256 Å². The number of phenolic OH excluding ortho intramolecular Hbond substituents is 2. The van der Waals surface area contributed by atoms with E-state index in [1.54, 1.807) is 80.6 Å². The summed E-state index contributed by atoms with van der Waals surface area (Å²) in [5, 5.41) is 92.7.